The van der Waals surface area contributed by atoms with Crippen LogP contribution >= 0.6 is 34.7 Å². The minimum absolute atomic E-state index is 0.457. The maximum Gasteiger partial charge on any atom is 0.154 e. The van der Waals surface area contributed by atoms with Gasteiger partial charge in [-0.1, -0.05) is 37.2 Å². The van der Waals surface area contributed by atoms with E-state index in [1.807, 2.05) is 19.1 Å². The van der Waals surface area contributed by atoms with Crippen molar-refractivity contribution in [3.05, 3.63) is 39.9 Å². The molecule has 2 rings (SSSR count). The quantitative estimate of drug-likeness (QED) is 0.862. The molecule has 2 aromatic rings. The Morgan fingerprint density at radius 3 is 2.84 bits per heavy atom. The van der Waals surface area contributed by atoms with E-state index in [1.54, 1.807) is 23.1 Å². The molecule has 0 aliphatic heterocycles. The molecule has 0 radical (unpaired) electrons. The Hall–Kier alpha value is -0.550. The number of nitrogens with one attached hydrogen (secondary N) is 1. The fraction of sp³-hybridized carbons (Fsp3) is 0.357. The van der Waals surface area contributed by atoms with E-state index >= 15 is 0 Å². The van der Waals surface area contributed by atoms with Crippen LogP contribution in [0.4, 0.5) is 0 Å². The molecular formula is C14H17ClN2S2. The predicted octanol–water partition coefficient (Wildman–Crippen LogP) is 4.75. The van der Waals surface area contributed by atoms with Crippen LogP contribution in [0.15, 0.2) is 32.8 Å². The number of benzene rings is 1. The van der Waals surface area contributed by atoms with E-state index in [2.05, 4.69) is 35.6 Å². The van der Waals surface area contributed by atoms with Crippen LogP contribution in [0.1, 0.15) is 25.1 Å². The van der Waals surface area contributed by atoms with Gasteiger partial charge in [0.1, 0.15) is 0 Å². The van der Waals surface area contributed by atoms with E-state index < -0.39 is 0 Å². The Bertz CT molecular complexity index is 552. The first-order chi connectivity index (χ1) is 9.04. The zero-order valence-corrected chi connectivity index (χ0v) is 13.6. The summed E-state index contributed by atoms with van der Waals surface area (Å²) < 4.78 is 1.07. The highest BCUT2D eigenvalue weighted by atomic mass is 35.5. The lowest BCUT2D eigenvalue weighted by Crippen LogP contribution is -2.22. The summed E-state index contributed by atoms with van der Waals surface area (Å²) in [6, 6.07) is 6.49. The molecule has 0 spiro atoms. The summed E-state index contributed by atoms with van der Waals surface area (Å²) in [6.07, 6.45) is 0. The van der Waals surface area contributed by atoms with Gasteiger partial charge in [0, 0.05) is 33.6 Å². The van der Waals surface area contributed by atoms with Crippen LogP contribution in [0.5, 0.6) is 0 Å². The molecule has 0 bridgehead atoms. The lowest BCUT2D eigenvalue weighted by atomic mass is 10.2. The van der Waals surface area contributed by atoms with Gasteiger partial charge in [-0.05, 0) is 30.7 Å². The average molecular weight is 313 g/mol. The Morgan fingerprint density at radius 1 is 1.42 bits per heavy atom. The van der Waals surface area contributed by atoms with Crippen LogP contribution in [0, 0.1) is 6.92 Å². The molecular weight excluding hydrogens is 296 g/mol. The second-order valence-corrected chi connectivity index (χ2v) is 7.23. The first-order valence-corrected chi connectivity index (χ1v) is 8.24. The molecule has 1 aromatic heterocycles. The smallest absolute Gasteiger partial charge is 0.154 e. The Balaban J connectivity index is 2.18. The number of halogens is 1. The molecule has 0 unspecified atom stereocenters. The molecule has 0 atom stereocenters. The maximum absolute atomic E-state index is 6.09. The van der Waals surface area contributed by atoms with Crippen molar-refractivity contribution in [1.82, 2.24) is 10.3 Å². The summed E-state index contributed by atoms with van der Waals surface area (Å²) in [6.45, 7) is 7.12. The maximum atomic E-state index is 6.09. The van der Waals surface area contributed by atoms with Crippen LogP contribution in [0.25, 0.3) is 0 Å². The molecule has 0 aliphatic rings. The van der Waals surface area contributed by atoms with Gasteiger partial charge < -0.3 is 5.32 Å². The lowest BCUT2D eigenvalue weighted by Gasteiger charge is -2.12. The third-order valence-corrected chi connectivity index (χ3v) is 4.93. The highest BCUT2D eigenvalue weighted by molar-refractivity contribution is 8.01. The van der Waals surface area contributed by atoms with Crippen molar-refractivity contribution in [3.63, 3.8) is 0 Å². The van der Waals surface area contributed by atoms with Crippen molar-refractivity contribution in [2.45, 2.75) is 42.6 Å². The molecule has 0 aliphatic carbocycles. The zero-order chi connectivity index (χ0) is 13.8. The van der Waals surface area contributed by atoms with E-state index in [9.17, 15) is 0 Å². The third kappa shape index (κ3) is 4.49. The molecule has 2 nitrogen and oxygen atoms in total. The van der Waals surface area contributed by atoms with Crippen molar-refractivity contribution in [2.24, 2.45) is 0 Å². The van der Waals surface area contributed by atoms with Gasteiger partial charge in [0.2, 0.25) is 0 Å². The second kappa shape index (κ2) is 6.75. The van der Waals surface area contributed by atoms with Gasteiger partial charge in [0.25, 0.3) is 0 Å². The number of hydrogen-bond acceptors (Lipinski definition) is 4. The van der Waals surface area contributed by atoms with Crippen molar-refractivity contribution in [3.8, 4) is 0 Å². The van der Waals surface area contributed by atoms with Gasteiger partial charge in [-0.2, -0.15) is 0 Å². The van der Waals surface area contributed by atoms with Gasteiger partial charge in [-0.15, -0.1) is 11.3 Å². The van der Waals surface area contributed by atoms with Gasteiger partial charge in [-0.3, -0.25) is 0 Å². The Kier molecular flexibility index (Phi) is 5.28. The van der Waals surface area contributed by atoms with E-state index in [1.165, 1.54) is 10.5 Å². The van der Waals surface area contributed by atoms with E-state index in [-0.39, 0.29) is 0 Å². The van der Waals surface area contributed by atoms with Crippen LogP contribution in [-0.2, 0) is 6.54 Å². The SMILES string of the molecule is Cc1csc(Sc2ccc(Cl)cc2CNC(C)C)n1. The van der Waals surface area contributed by atoms with Crippen molar-refractivity contribution < 1.29 is 0 Å². The largest absolute Gasteiger partial charge is 0.310 e. The number of hydrogen-bond donors (Lipinski definition) is 1. The highest BCUT2D eigenvalue weighted by Gasteiger charge is 2.08. The predicted molar refractivity (Wildman–Crippen MR) is 84.4 cm³/mol. The summed E-state index contributed by atoms with van der Waals surface area (Å²) in [5.74, 6) is 0. The summed E-state index contributed by atoms with van der Waals surface area (Å²) in [7, 11) is 0. The van der Waals surface area contributed by atoms with Crippen LogP contribution in [-0.4, -0.2) is 11.0 Å². The van der Waals surface area contributed by atoms with Crippen molar-refractivity contribution in [1.29, 1.82) is 0 Å². The third-order valence-electron chi connectivity index (χ3n) is 2.52. The Labute approximate surface area is 127 Å². The van der Waals surface area contributed by atoms with Crippen LogP contribution < -0.4 is 5.32 Å². The number of rotatable bonds is 5. The molecule has 0 amide bonds. The van der Waals surface area contributed by atoms with E-state index in [0.717, 1.165) is 21.6 Å². The minimum atomic E-state index is 0.457. The average Bonchev–Trinajstić information content (AvgIpc) is 2.75. The van der Waals surface area contributed by atoms with E-state index in [0.29, 0.717) is 6.04 Å². The highest BCUT2D eigenvalue weighted by Crippen LogP contribution is 2.33. The number of aromatic nitrogens is 1. The molecule has 5 heteroatoms. The molecule has 1 N–H and O–H groups in total. The topological polar surface area (TPSA) is 24.9 Å². The van der Waals surface area contributed by atoms with Crippen LogP contribution in [0.2, 0.25) is 5.02 Å². The molecule has 0 saturated carbocycles. The molecule has 19 heavy (non-hydrogen) atoms. The second-order valence-electron chi connectivity index (χ2n) is 4.64. The molecule has 1 aromatic carbocycles. The number of nitrogens with zero attached hydrogens (tertiary/aromatic N) is 1. The summed E-state index contributed by atoms with van der Waals surface area (Å²) in [5, 5.41) is 6.28. The number of aryl methyl sites for hydroxylation is 1. The van der Waals surface area contributed by atoms with Crippen molar-refractivity contribution >= 4 is 34.7 Å². The first kappa shape index (κ1) is 14.9. The molecule has 1 heterocycles. The molecule has 0 saturated heterocycles. The molecule has 102 valence electrons. The first-order valence-electron chi connectivity index (χ1n) is 6.16. The molecule has 0 fully saturated rings. The van der Waals surface area contributed by atoms with Crippen molar-refractivity contribution in [2.75, 3.05) is 0 Å². The Morgan fingerprint density at radius 2 is 2.21 bits per heavy atom. The van der Waals surface area contributed by atoms with Gasteiger partial charge >= 0.3 is 0 Å². The van der Waals surface area contributed by atoms with Gasteiger partial charge in [-0.25, -0.2) is 4.98 Å². The van der Waals surface area contributed by atoms with E-state index in [4.69, 9.17) is 11.6 Å². The zero-order valence-electron chi connectivity index (χ0n) is 11.2. The normalized spacial score (nSPS) is 11.2. The fourth-order valence-electron chi connectivity index (χ4n) is 1.57. The number of thiazole rings is 1. The standard InChI is InChI=1S/C14H17ClN2S2/c1-9(2)16-7-11-6-12(15)4-5-13(11)19-14-17-10(3)8-18-14/h4-6,8-9,16H,7H2,1-3H3. The summed E-state index contributed by atoms with van der Waals surface area (Å²) in [5.41, 5.74) is 2.29. The summed E-state index contributed by atoms with van der Waals surface area (Å²) in [4.78, 5) is 5.71. The van der Waals surface area contributed by atoms with Gasteiger partial charge in [0.05, 0.1) is 0 Å². The van der Waals surface area contributed by atoms with Gasteiger partial charge in [0.15, 0.2) is 4.34 Å². The minimum Gasteiger partial charge on any atom is -0.310 e. The fourth-order valence-corrected chi connectivity index (χ4v) is 3.67. The monoisotopic (exact) mass is 312 g/mol. The lowest BCUT2D eigenvalue weighted by molar-refractivity contribution is 0.585. The van der Waals surface area contributed by atoms with Crippen LogP contribution in [0.3, 0.4) is 0 Å². The summed E-state index contributed by atoms with van der Waals surface area (Å²) >= 11 is 9.47.